The number of carbonyl (C=O) groups excluding carboxylic acids is 2. The summed E-state index contributed by atoms with van der Waals surface area (Å²) in [6, 6.07) is 9.95. The largest absolute Gasteiger partial charge is 0.463 e. The van der Waals surface area contributed by atoms with Gasteiger partial charge in [0.25, 0.3) is 0 Å². The summed E-state index contributed by atoms with van der Waals surface area (Å²) >= 11 is 5.23. The maximum absolute atomic E-state index is 12.4. The third kappa shape index (κ3) is 4.48. The van der Waals surface area contributed by atoms with Crippen molar-refractivity contribution in [3.8, 4) is 11.3 Å². The number of thiocarbonyl (C=S) groups is 1. The van der Waals surface area contributed by atoms with E-state index >= 15 is 0 Å². The molecule has 1 aliphatic rings. The highest BCUT2D eigenvalue weighted by Gasteiger charge is 2.33. The van der Waals surface area contributed by atoms with Crippen LogP contribution in [0.15, 0.2) is 52.1 Å². The fourth-order valence-corrected chi connectivity index (χ4v) is 3.31. The molecule has 0 spiro atoms. The molecule has 0 saturated heterocycles. The van der Waals surface area contributed by atoms with Gasteiger partial charge in [-0.15, -0.1) is 0 Å². The zero-order chi connectivity index (χ0) is 21.0. The van der Waals surface area contributed by atoms with Crippen LogP contribution in [-0.4, -0.2) is 30.3 Å². The first-order chi connectivity index (χ1) is 13.9. The Hall–Kier alpha value is -3.13. The average Bonchev–Trinajstić information content (AvgIpc) is 3.18. The van der Waals surface area contributed by atoms with Crippen molar-refractivity contribution in [3.05, 3.63) is 59.0 Å². The third-order valence-electron chi connectivity index (χ3n) is 4.36. The van der Waals surface area contributed by atoms with E-state index in [-0.39, 0.29) is 12.6 Å². The highest BCUT2D eigenvalue weighted by molar-refractivity contribution is 7.80. The van der Waals surface area contributed by atoms with Crippen LogP contribution in [0.1, 0.15) is 42.9 Å². The zero-order valence-corrected chi connectivity index (χ0v) is 17.2. The Morgan fingerprint density at radius 2 is 1.69 bits per heavy atom. The van der Waals surface area contributed by atoms with E-state index in [4.69, 9.17) is 26.1 Å². The smallest absolute Gasteiger partial charge is 0.338 e. The highest BCUT2D eigenvalue weighted by atomic mass is 32.1. The quantitative estimate of drug-likeness (QED) is 0.549. The Bertz CT molecular complexity index is 962. The predicted molar refractivity (Wildman–Crippen MR) is 111 cm³/mol. The molecule has 1 atom stereocenters. The number of benzene rings is 1. The van der Waals surface area contributed by atoms with Crippen molar-refractivity contribution in [3.63, 3.8) is 0 Å². The molecule has 8 heteroatoms. The first-order valence-electron chi connectivity index (χ1n) is 9.27. The molecule has 0 fully saturated rings. The van der Waals surface area contributed by atoms with Gasteiger partial charge in [-0.25, -0.2) is 9.59 Å². The molecule has 0 aliphatic carbocycles. The van der Waals surface area contributed by atoms with Gasteiger partial charge in [-0.2, -0.15) is 0 Å². The Morgan fingerprint density at radius 1 is 1.03 bits per heavy atom. The van der Waals surface area contributed by atoms with Crippen molar-refractivity contribution in [1.82, 2.24) is 10.6 Å². The number of rotatable bonds is 6. The number of allylic oxidation sites excluding steroid dienone is 1. The molecule has 1 aromatic carbocycles. The normalized spacial score (nSPS) is 16.1. The van der Waals surface area contributed by atoms with Crippen LogP contribution in [0.5, 0.6) is 0 Å². The van der Waals surface area contributed by atoms with Crippen molar-refractivity contribution in [2.24, 2.45) is 0 Å². The van der Waals surface area contributed by atoms with Gasteiger partial charge >= 0.3 is 11.9 Å². The summed E-state index contributed by atoms with van der Waals surface area (Å²) in [4.78, 5) is 24.2. The second-order valence-electron chi connectivity index (χ2n) is 6.29. The molecule has 0 radical (unpaired) electrons. The summed E-state index contributed by atoms with van der Waals surface area (Å²) in [7, 11) is 0. The molecule has 1 aliphatic heterocycles. The number of furan rings is 1. The molecular weight excluding hydrogens is 392 g/mol. The third-order valence-corrected chi connectivity index (χ3v) is 4.58. The van der Waals surface area contributed by atoms with Crippen molar-refractivity contribution >= 4 is 29.3 Å². The van der Waals surface area contributed by atoms with Crippen LogP contribution < -0.4 is 10.6 Å². The Morgan fingerprint density at radius 3 is 2.34 bits per heavy atom. The van der Waals surface area contributed by atoms with E-state index in [1.807, 2.05) is 0 Å². The van der Waals surface area contributed by atoms with Crippen LogP contribution in [0, 0.1) is 0 Å². The van der Waals surface area contributed by atoms with E-state index in [0.717, 1.165) is 5.56 Å². The van der Waals surface area contributed by atoms with Gasteiger partial charge in [-0.1, -0.05) is 12.1 Å². The van der Waals surface area contributed by atoms with Crippen molar-refractivity contribution in [2.45, 2.75) is 26.8 Å². The number of hydrogen-bond donors (Lipinski definition) is 2. The van der Waals surface area contributed by atoms with Crippen LogP contribution in [0.2, 0.25) is 0 Å². The molecule has 7 nitrogen and oxygen atoms in total. The molecular formula is C21H22N2O5S. The second kappa shape index (κ2) is 8.91. The fraction of sp³-hybridized carbons (Fsp3) is 0.286. The number of nitrogens with one attached hydrogen (secondary N) is 2. The molecule has 2 aromatic rings. The van der Waals surface area contributed by atoms with Crippen molar-refractivity contribution in [1.29, 1.82) is 0 Å². The van der Waals surface area contributed by atoms with E-state index in [1.54, 1.807) is 57.2 Å². The molecule has 29 heavy (non-hydrogen) atoms. The van der Waals surface area contributed by atoms with Crippen LogP contribution in [0.3, 0.4) is 0 Å². The van der Waals surface area contributed by atoms with Gasteiger partial charge in [0.05, 0.1) is 24.4 Å². The summed E-state index contributed by atoms with van der Waals surface area (Å²) in [6.45, 7) is 5.87. The minimum absolute atomic E-state index is 0.267. The van der Waals surface area contributed by atoms with Gasteiger partial charge in [0.15, 0.2) is 5.11 Å². The summed E-state index contributed by atoms with van der Waals surface area (Å²) in [5.41, 5.74) is 2.29. The van der Waals surface area contributed by atoms with E-state index in [0.29, 0.717) is 40.1 Å². The lowest BCUT2D eigenvalue weighted by molar-refractivity contribution is -0.139. The lowest BCUT2D eigenvalue weighted by Crippen LogP contribution is -2.45. The minimum atomic E-state index is -0.560. The number of ether oxygens (including phenoxy) is 2. The summed E-state index contributed by atoms with van der Waals surface area (Å²) in [5.74, 6) is 0.323. The lowest BCUT2D eigenvalue weighted by atomic mass is 10.0. The van der Waals surface area contributed by atoms with Gasteiger partial charge in [-0.05, 0) is 57.3 Å². The van der Waals surface area contributed by atoms with E-state index in [9.17, 15) is 9.59 Å². The van der Waals surface area contributed by atoms with Crippen LogP contribution in [-0.2, 0) is 14.3 Å². The average molecular weight is 414 g/mol. The van der Waals surface area contributed by atoms with Gasteiger partial charge < -0.3 is 24.5 Å². The van der Waals surface area contributed by atoms with Gasteiger partial charge in [-0.3, -0.25) is 0 Å². The molecule has 0 saturated carbocycles. The lowest BCUT2D eigenvalue weighted by Gasteiger charge is -2.28. The molecule has 152 valence electrons. The molecule has 0 bridgehead atoms. The summed E-state index contributed by atoms with van der Waals surface area (Å²) in [5, 5.41) is 6.41. The minimum Gasteiger partial charge on any atom is -0.463 e. The van der Waals surface area contributed by atoms with Crippen LogP contribution in [0.4, 0.5) is 0 Å². The maximum atomic E-state index is 12.4. The fourth-order valence-electron chi connectivity index (χ4n) is 3.03. The van der Waals surface area contributed by atoms with Gasteiger partial charge in [0.2, 0.25) is 0 Å². The molecule has 2 N–H and O–H groups in total. The number of carbonyl (C=O) groups is 2. The van der Waals surface area contributed by atoms with Gasteiger partial charge in [0.1, 0.15) is 17.6 Å². The van der Waals surface area contributed by atoms with E-state index in [1.165, 1.54) is 0 Å². The number of hydrogen-bond acceptors (Lipinski definition) is 6. The highest BCUT2D eigenvalue weighted by Crippen LogP contribution is 2.32. The number of esters is 2. The molecule has 3 rings (SSSR count). The monoisotopic (exact) mass is 414 g/mol. The van der Waals surface area contributed by atoms with Crippen molar-refractivity contribution < 1.29 is 23.5 Å². The Balaban J connectivity index is 1.88. The first-order valence-corrected chi connectivity index (χ1v) is 9.68. The maximum Gasteiger partial charge on any atom is 0.338 e. The molecule has 0 amide bonds. The molecule has 0 unspecified atom stereocenters. The summed E-state index contributed by atoms with van der Waals surface area (Å²) in [6.07, 6.45) is 0. The van der Waals surface area contributed by atoms with Gasteiger partial charge in [0, 0.05) is 11.3 Å². The second-order valence-corrected chi connectivity index (χ2v) is 6.70. The Labute approximate surface area is 174 Å². The van der Waals surface area contributed by atoms with Crippen LogP contribution >= 0.6 is 12.2 Å². The molecule has 1 aromatic heterocycles. The van der Waals surface area contributed by atoms with Crippen molar-refractivity contribution in [2.75, 3.05) is 13.2 Å². The standard InChI is InChI=1S/C21H22N2O5S/c1-4-26-19(24)14-8-6-13(7-9-14)15-10-11-16(28-15)18-17(20(25)27-5-2)12(3)22-21(29)23-18/h6-11,18H,4-5H2,1-3H3,(H2,22,23,29)/t18-/m0/s1. The molecule has 2 heterocycles. The Kier molecular flexibility index (Phi) is 6.33. The summed E-state index contributed by atoms with van der Waals surface area (Å²) < 4.78 is 16.2. The topological polar surface area (TPSA) is 89.8 Å². The van der Waals surface area contributed by atoms with Crippen LogP contribution in [0.25, 0.3) is 11.3 Å². The first kappa shape index (κ1) is 20.6. The SMILES string of the molecule is CCOC(=O)C1=C(C)NC(=S)N[C@H]1c1ccc(-c2ccc(C(=O)OCC)cc2)o1. The van der Waals surface area contributed by atoms with E-state index < -0.39 is 12.0 Å². The van der Waals surface area contributed by atoms with E-state index in [2.05, 4.69) is 10.6 Å². The predicted octanol–water partition coefficient (Wildman–Crippen LogP) is 3.48. The zero-order valence-electron chi connectivity index (χ0n) is 16.4.